The first-order chi connectivity index (χ1) is 14.5. The van der Waals surface area contributed by atoms with E-state index in [0.717, 1.165) is 30.2 Å². The van der Waals surface area contributed by atoms with E-state index in [1.165, 1.54) is 6.07 Å². The highest BCUT2D eigenvalue weighted by Crippen LogP contribution is 2.25. The molecule has 0 saturated carbocycles. The van der Waals surface area contributed by atoms with Gasteiger partial charge in [0.05, 0.1) is 12.2 Å². The van der Waals surface area contributed by atoms with Gasteiger partial charge >= 0.3 is 0 Å². The number of carbonyl (C=O) groups is 1. The minimum atomic E-state index is -0.724. The van der Waals surface area contributed by atoms with Crippen molar-refractivity contribution < 1.29 is 18.7 Å². The van der Waals surface area contributed by atoms with Crippen LogP contribution in [0.4, 0.5) is 10.2 Å². The van der Waals surface area contributed by atoms with E-state index < -0.39 is 11.9 Å². The van der Waals surface area contributed by atoms with Crippen molar-refractivity contribution in [2.24, 2.45) is 0 Å². The number of anilines is 1. The first-order valence-electron chi connectivity index (χ1n) is 9.75. The molecule has 0 radical (unpaired) electrons. The quantitative estimate of drug-likeness (QED) is 0.395. The number of nitrogen functional groups attached to an aromatic ring is 1. The van der Waals surface area contributed by atoms with Gasteiger partial charge in [-0.2, -0.15) is 4.39 Å². The third-order valence-corrected chi connectivity index (χ3v) is 4.32. The number of aromatic nitrogens is 1. The number of rotatable bonds is 9. The summed E-state index contributed by atoms with van der Waals surface area (Å²) in [5.74, 6) is 0.844. The summed E-state index contributed by atoms with van der Waals surface area (Å²) < 4.78 is 24.6. The number of amides is 1. The number of pyridine rings is 1. The summed E-state index contributed by atoms with van der Waals surface area (Å²) in [4.78, 5) is 15.6. The summed E-state index contributed by atoms with van der Waals surface area (Å²) in [5, 5.41) is 2.74. The molecular formula is C23H24FN3O3. The highest BCUT2D eigenvalue weighted by molar-refractivity contribution is 5.98. The molecule has 1 amide bonds. The molecule has 0 aliphatic rings. The average Bonchev–Trinajstić information content (AvgIpc) is 2.73. The average molecular weight is 409 g/mol. The van der Waals surface area contributed by atoms with E-state index in [2.05, 4.69) is 17.2 Å². The van der Waals surface area contributed by atoms with Crippen LogP contribution >= 0.6 is 0 Å². The van der Waals surface area contributed by atoms with Gasteiger partial charge in [0.25, 0.3) is 5.91 Å². The molecule has 30 heavy (non-hydrogen) atoms. The molecule has 0 unspecified atom stereocenters. The number of hydrogen-bond donors (Lipinski definition) is 2. The highest BCUT2D eigenvalue weighted by Gasteiger charge is 2.11. The first-order valence-corrected chi connectivity index (χ1v) is 9.75. The molecule has 3 aromatic rings. The van der Waals surface area contributed by atoms with Gasteiger partial charge in [-0.1, -0.05) is 31.5 Å². The number of ether oxygens (including phenoxy) is 2. The largest absolute Gasteiger partial charge is 0.493 e. The molecule has 0 aliphatic carbocycles. The first kappa shape index (κ1) is 21.1. The molecule has 3 N–H and O–H groups in total. The fraction of sp³-hybridized carbons (Fsp3) is 0.217. The molecule has 0 saturated heterocycles. The Morgan fingerprint density at radius 3 is 2.57 bits per heavy atom. The molecule has 2 aromatic carbocycles. The molecule has 0 atom stereocenters. The van der Waals surface area contributed by atoms with Gasteiger partial charge < -0.3 is 20.5 Å². The Morgan fingerprint density at radius 1 is 1.07 bits per heavy atom. The zero-order valence-corrected chi connectivity index (χ0v) is 16.7. The summed E-state index contributed by atoms with van der Waals surface area (Å²) in [6.45, 7) is 3.09. The Morgan fingerprint density at radius 2 is 1.83 bits per heavy atom. The maximum Gasteiger partial charge on any atom is 0.255 e. The lowest BCUT2D eigenvalue weighted by atomic mass is 10.2. The van der Waals surface area contributed by atoms with Crippen molar-refractivity contribution in [3.05, 3.63) is 77.7 Å². The minimum Gasteiger partial charge on any atom is -0.493 e. The van der Waals surface area contributed by atoms with Gasteiger partial charge in [0.15, 0.2) is 0 Å². The van der Waals surface area contributed by atoms with Crippen LogP contribution < -0.4 is 20.5 Å². The standard InChI is InChI=1S/C23H24FN3O3/c1-2-3-13-29-18-5-4-6-19(14-18)30-17-9-7-16(8-10-17)15-26-23(28)20-11-12-21(24)27-22(20)25/h4-12,14H,2-3,13,15H2,1H3,(H2,25,27)(H,26,28). The fourth-order valence-electron chi connectivity index (χ4n) is 2.69. The van der Waals surface area contributed by atoms with Crippen molar-refractivity contribution in [2.45, 2.75) is 26.3 Å². The molecule has 7 heteroatoms. The topological polar surface area (TPSA) is 86.5 Å². The number of carbonyl (C=O) groups excluding carboxylic acids is 1. The zero-order valence-electron chi connectivity index (χ0n) is 16.7. The van der Waals surface area contributed by atoms with Crippen molar-refractivity contribution in [3.8, 4) is 17.2 Å². The third-order valence-electron chi connectivity index (χ3n) is 4.32. The number of halogens is 1. The van der Waals surface area contributed by atoms with Gasteiger partial charge in [-0.25, -0.2) is 4.98 Å². The van der Waals surface area contributed by atoms with Crippen LogP contribution in [0.3, 0.4) is 0 Å². The molecule has 1 aromatic heterocycles. The predicted octanol–water partition coefficient (Wildman–Crippen LogP) is 4.70. The van der Waals surface area contributed by atoms with Crippen LogP contribution in [0, 0.1) is 5.95 Å². The van der Waals surface area contributed by atoms with Crippen LogP contribution in [0.15, 0.2) is 60.7 Å². The number of nitrogens with zero attached hydrogens (tertiary/aromatic N) is 1. The van der Waals surface area contributed by atoms with Crippen molar-refractivity contribution in [1.29, 1.82) is 0 Å². The smallest absolute Gasteiger partial charge is 0.255 e. The summed E-state index contributed by atoms with van der Waals surface area (Å²) in [7, 11) is 0. The van der Waals surface area contributed by atoms with Crippen LogP contribution in [0.25, 0.3) is 0 Å². The molecule has 3 rings (SSSR count). The zero-order chi connectivity index (χ0) is 21.3. The van der Waals surface area contributed by atoms with E-state index in [1.807, 2.05) is 48.5 Å². The van der Waals surface area contributed by atoms with Crippen molar-refractivity contribution in [1.82, 2.24) is 10.3 Å². The second kappa shape index (κ2) is 10.2. The Kier molecular flexibility index (Phi) is 7.21. The van der Waals surface area contributed by atoms with E-state index in [-0.39, 0.29) is 17.9 Å². The summed E-state index contributed by atoms with van der Waals surface area (Å²) in [5.41, 5.74) is 6.60. The lowest BCUT2D eigenvalue weighted by Crippen LogP contribution is -2.24. The Hall–Kier alpha value is -3.61. The maximum absolute atomic E-state index is 13.0. The molecule has 0 spiro atoms. The van der Waals surface area contributed by atoms with E-state index in [1.54, 1.807) is 0 Å². The molecule has 0 fully saturated rings. The monoisotopic (exact) mass is 409 g/mol. The van der Waals surface area contributed by atoms with E-state index in [4.69, 9.17) is 15.2 Å². The van der Waals surface area contributed by atoms with Gasteiger partial charge in [-0.15, -0.1) is 0 Å². The van der Waals surface area contributed by atoms with Crippen molar-refractivity contribution >= 4 is 11.7 Å². The molecule has 0 bridgehead atoms. The van der Waals surface area contributed by atoms with Gasteiger partial charge in [-0.3, -0.25) is 4.79 Å². The lowest BCUT2D eigenvalue weighted by Gasteiger charge is -2.10. The second-order valence-electron chi connectivity index (χ2n) is 6.67. The number of unbranched alkanes of at least 4 members (excludes halogenated alkanes) is 1. The number of benzene rings is 2. The number of hydrogen-bond acceptors (Lipinski definition) is 5. The van der Waals surface area contributed by atoms with Gasteiger partial charge in [-0.05, 0) is 48.4 Å². The van der Waals surface area contributed by atoms with Gasteiger partial charge in [0.2, 0.25) is 5.95 Å². The SMILES string of the molecule is CCCCOc1cccc(Oc2ccc(CNC(=O)c3ccc(F)nc3N)cc2)c1. The summed E-state index contributed by atoms with van der Waals surface area (Å²) >= 11 is 0. The van der Waals surface area contributed by atoms with E-state index in [9.17, 15) is 9.18 Å². The van der Waals surface area contributed by atoms with Crippen molar-refractivity contribution in [2.75, 3.05) is 12.3 Å². The highest BCUT2D eigenvalue weighted by atomic mass is 19.1. The maximum atomic E-state index is 13.0. The van der Waals surface area contributed by atoms with Crippen LogP contribution in [-0.4, -0.2) is 17.5 Å². The Bertz CT molecular complexity index is 993. The second-order valence-corrected chi connectivity index (χ2v) is 6.67. The predicted molar refractivity (Wildman–Crippen MR) is 113 cm³/mol. The molecule has 156 valence electrons. The molecule has 6 nitrogen and oxygen atoms in total. The Balaban J connectivity index is 1.55. The summed E-state index contributed by atoms with van der Waals surface area (Å²) in [6.07, 6.45) is 2.09. The van der Waals surface area contributed by atoms with Gasteiger partial charge in [0, 0.05) is 12.6 Å². The van der Waals surface area contributed by atoms with Crippen LogP contribution in [0.2, 0.25) is 0 Å². The van der Waals surface area contributed by atoms with Crippen LogP contribution in [-0.2, 0) is 6.54 Å². The van der Waals surface area contributed by atoms with Crippen LogP contribution in [0.5, 0.6) is 17.2 Å². The van der Waals surface area contributed by atoms with Crippen molar-refractivity contribution in [3.63, 3.8) is 0 Å². The van der Waals surface area contributed by atoms with E-state index in [0.29, 0.717) is 18.1 Å². The number of nitrogens with one attached hydrogen (secondary N) is 1. The molecule has 0 aliphatic heterocycles. The Labute approximate surface area is 174 Å². The van der Waals surface area contributed by atoms with E-state index >= 15 is 0 Å². The number of nitrogens with two attached hydrogens (primary N) is 1. The normalized spacial score (nSPS) is 10.5. The summed E-state index contributed by atoms with van der Waals surface area (Å²) in [6, 6.07) is 17.2. The molecular weight excluding hydrogens is 385 g/mol. The molecule has 1 heterocycles. The van der Waals surface area contributed by atoms with Gasteiger partial charge in [0.1, 0.15) is 23.1 Å². The third kappa shape index (κ3) is 5.94. The van der Waals surface area contributed by atoms with Crippen LogP contribution in [0.1, 0.15) is 35.7 Å². The minimum absolute atomic E-state index is 0.136. The fourth-order valence-corrected chi connectivity index (χ4v) is 2.69. The lowest BCUT2D eigenvalue weighted by molar-refractivity contribution is 0.0951.